The van der Waals surface area contributed by atoms with E-state index in [1.54, 1.807) is 56.5 Å². The van der Waals surface area contributed by atoms with Crippen LogP contribution in [0.4, 0.5) is 0 Å². The van der Waals surface area contributed by atoms with Crippen molar-refractivity contribution in [3.05, 3.63) is 59.7 Å². The summed E-state index contributed by atoms with van der Waals surface area (Å²) in [4.78, 5) is 24.5. The number of amides is 1. The van der Waals surface area contributed by atoms with E-state index in [-0.39, 0.29) is 18.9 Å². The van der Waals surface area contributed by atoms with Gasteiger partial charge in [0.2, 0.25) is 5.91 Å². The van der Waals surface area contributed by atoms with Crippen molar-refractivity contribution in [2.75, 3.05) is 20.8 Å². The summed E-state index contributed by atoms with van der Waals surface area (Å²) in [5.41, 5.74) is 0.167. The molecule has 144 valence electrons. The van der Waals surface area contributed by atoms with E-state index in [9.17, 15) is 14.7 Å². The van der Waals surface area contributed by atoms with Crippen LogP contribution in [0, 0.1) is 0 Å². The summed E-state index contributed by atoms with van der Waals surface area (Å²) in [6, 6.07) is 14.2. The maximum atomic E-state index is 12.5. The Balaban J connectivity index is 2.16. The molecule has 27 heavy (non-hydrogen) atoms. The number of carboxylic acids is 1. The minimum atomic E-state index is -1.17. The molecule has 0 aliphatic carbocycles. The first-order valence-electron chi connectivity index (χ1n) is 8.73. The molecule has 6 heteroatoms. The number of hydrogen-bond acceptors (Lipinski definition) is 4. The molecular formula is C21H25NO5. The van der Waals surface area contributed by atoms with Gasteiger partial charge in [-0.3, -0.25) is 9.59 Å². The molecule has 0 fully saturated rings. The van der Waals surface area contributed by atoms with Crippen LogP contribution < -0.4 is 14.8 Å². The molecule has 1 atom stereocenters. The van der Waals surface area contributed by atoms with E-state index < -0.39 is 11.4 Å². The molecule has 0 aromatic heterocycles. The summed E-state index contributed by atoms with van der Waals surface area (Å²) >= 11 is 0. The summed E-state index contributed by atoms with van der Waals surface area (Å²) in [7, 11) is 3.08. The first-order valence-corrected chi connectivity index (χ1v) is 8.73. The Labute approximate surface area is 159 Å². The van der Waals surface area contributed by atoms with Crippen LogP contribution in [0.5, 0.6) is 11.5 Å². The van der Waals surface area contributed by atoms with E-state index in [1.165, 1.54) is 7.11 Å². The lowest BCUT2D eigenvalue weighted by atomic mass is 9.78. The molecule has 0 saturated heterocycles. The third kappa shape index (κ3) is 4.58. The molecule has 2 aromatic rings. The molecule has 2 rings (SSSR count). The Morgan fingerprint density at radius 2 is 1.78 bits per heavy atom. The quantitative estimate of drug-likeness (QED) is 0.708. The largest absolute Gasteiger partial charge is 0.497 e. The van der Waals surface area contributed by atoms with Crippen LogP contribution in [0.2, 0.25) is 0 Å². The number of rotatable bonds is 9. The molecule has 6 nitrogen and oxygen atoms in total. The monoisotopic (exact) mass is 371 g/mol. The van der Waals surface area contributed by atoms with Gasteiger partial charge in [-0.1, -0.05) is 37.3 Å². The van der Waals surface area contributed by atoms with Gasteiger partial charge in [-0.2, -0.15) is 0 Å². The maximum absolute atomic E-state index is 12.5. The normalized spacial score (nSPS) is 12.7. The van der Waals surface area contributed by atoms with Gasteiger partial charge in [0.15, 0.2) is 0 Å². The summed E-state index contributed by atoms with van der Waals surface area (Å²) in [5.74, 6) is -0.0441. The van der Waals surface area contributed by atoms with E-state index in [4.69, 9.17) is 9.47 Å². The number of methoxy groups -OCH3 is 2. The van der Waals surface area contributed by atoms with Crippen LogP contribution in [0.25, 0.3) is 0 Å². The van der Waals surface area contributed by atoms with Crippen LogP contribution in [0.3, 0.4) is 0 Å². The Kier molecular flexibility index (Phi) is 6.82. The molecule has 0 saturated carbocycles. The van der Waals surface area contributed by atoms with Crippen LogP contribution in [0.15, 0.2) is 48.5 Å². The van der Waals surface area contributed by atoms with Crippen molar-refractivity contribution in [3.8, 4) is 11.5 Å². The van der Waals surface area contributed by atoms with E-state index in [1.807, 2.05) is 6.07 Å². The number of carbonyl (C=O) groups excluding carboxylic acids is 1. The Morgan fingerprint density at radius 3 is 2.33 bits per heavy atom. The maximum Gasteiger partial charge on any atom is 0.315 e. The fourth-order valence-electron chi connectivity index (χ4n) is 3.04. The minimum absolute atomic E-state index is 0.00790. The average Bonchev–Trinajstić information content (AvgIpc) is 2.69. The molecule has 0 aliphatic heterocycles. The molecule has 1 amide bonds. The second-order valence-electron chi connectivity index (χ2n) is 6.24. The van der Waals surface area contributed by atoms with E-state index in [2.05, 4.69) is 5.32 Å². The third-order valence-corrected chi connectivity index (χ3v) is 4.77. The number of carbonyl (C=O) groups is 2. The summed E-state index contributed by atoms with van der Waals surface area (Å²) in [6.45, 7) is 1.81. The number of benzene rings is 2. The van der Waals surface area contributed by atoms with Gasteiger partial charge in [0, 0.05) is 12.1 Å². The fraction of sp³-hybridized carbons (Fsp3) is 0.333. The van der Waals surface area contributed by atoms with Crippen LogP contribution in [0.1, 0.15) is 24.5 Å². The number of carboxylic acid groups (broad SMARTS) is 1. The lowest BCUT2D eigenvalue weighted by molar-refractivity contribution is -0.144. The standard InChI is InChI=1S/C21H25NO5/c1-4-21(20(24)25,16-8-6-5-7-9-16)14-22-19(23)13-15-12-17(26-2)10-11-18(15)27-3/h5-12H,4,13-14H2,1-3H3,(H,22,23)(H,24,25). The molecule has 2 aromatic carbocycles. The van der Waals surface area contributed by atoms with Crippen LogP contribution in [-0.2, 0) is 21.4 Å². The second-order valence-corrected chi connectivity index (χ2v) is 6.24. The van der Waals surface area contributed by atoms with Gasteiger partial charge in [0.25, 0.3) is 0 Å². The Morgan fingerprint density at radius 1 is 1.07 bits per heavy atom. The zero-order valence-electron chi connectivity index (χ0n) is 15.8. The summed E-state index contributed by atoms with van der Waals surface area (Å²) < 4.78 is 10.5. The van der Waals surface area contributed by atoms with Crippen molar-refractivity contribution in [2.24, 2.45) is 0 Å². The molecule has 0 heterocycles. The van der Waals surface area contributed by atoms with Gasteiger partial charge in [-0.25, -0.2) is 0 Å². The van der Waals surface area contributed by atoms with Gasteiger partial charge < -0.3 is 19.9 Å². The first-order chi connectivity index (χ1) is 13.0. The molecule has 1 unspecified atom stereocenters. The molecule has 0 bridgehead atoms. The highest BCUT2D eigenvalue weighted by Crippen LogP contribution is 2.28. The van der Waals surface area contributed by atoms with Gasteiger partial charge in [0.1, 0.15) is 16.9 Å². The van der Waals surface area contributed by atoms with E-state index in [0.29, 0.717) is 29.0 Å². The lowest BCUT2D eigenvalue weighted by Gasteiger charge is -2.29. The fourth-order valence-corrected chi connectivity index (χ4v) is 3.04. The Bertz CT molecular complexity index is 790. The number of nitrogens with one attached hydrogen (secondary N) is 1. The summed E-state index contributed by atoms with van der Waals surface area (Å²) in [5, 5.41) is 12.6. The molecule has 0 spiro atoms. The smallest absolute Gasteiger partial charge is 0.315 e. The summed E-state index contributed by atoms with van der Waals surface area (Å²) in [6.07, 6.45) is 0.420. The minimum Gasteiger partial charge on any atom is -0.497 e. The van der Waals surface area contributed by atoms with Crippen molar-refractivity contribution >= 4 is 11.9 Å². The molecule has 0 aliphatic rings. The van der Waals surface area contributed by atoms with E-state index >= 15 is 0 Å². The van der Waals surface area contributed by atoms with Gasteiger partial charge in [-0.15, -0.1) is 0 Å². The zero-order chi connectivity index (χ0) is 19.9. The van der Waals surface area contributed by atoms with Crippen molar-refractivity contribution in [1.82, 2.24) is 5.32 Å². The average molecular weight is 371 g/mol. The molecule has 0 radical (unpaired) electrons. The predicted molar refractivity (Wildman–Crippen MR) is 102 cm³/mol. The van der Waals surface area contributed by atoms with E-state index in [0.717, 1.165) is 0 Å². The molecular weight excluding hydrogens is 346 g/mol. The molecule has 2 N–H and O–H groups in total. The SMILES string of the molecule is CCC(CNC(=O)Cc1cc(OC)ccc1OC)(C(=O)O)c1ccccc1. The van der Waals surface area contributed by atoms with Crippen molar-refractivity contribution in [2.45, 2.75) is 25.2 Å². The first kappa shape index (κ1) is 20.3. The highest BCUT2D eigenvalue weighted by molar-refractivity contribution is 5.84. The van der Waals surface area contributed by atoms with Gasteiger partial charge in [-0.05, 0) is 30.2 Å². The number of aliphatic carboxylic acids is 1. The highest BCUT2D eigenvalue weighted by Gasteiger charge is 2.38. The van der Waals surface area contributed by atoms with Crippen molar-refractivity contribution in [3.63, 3.8) is 0 Å². The number of ether oxygens (including phenoxy) is 2. The van der Waals surface area contributed by atoms with Crippen molar-refractivity contribution in [1.29, 1.82) is 0 Å². The van der Waals surface area contributed by atoms with Gasteiger partial charge >= 0.3 is 5.97 Å². The Hall–Kier alpha value is -3.02. The zero-order valence-corrected chi connectivity index (χ0v) is 15.8. The lowest BCUT2D eigenvalue weighted by Crippen LogP contribution is -2.46. The van der Waals surface area contributed by atoms with Crippen LogP contribution >= 0.6 is 0 Å². The van der Waals surface area contributed by atoms with Crippen LogP contribution in [-0.4, -0.2) is 37.7 Å². The number of hydrogen-bond donors (Lipinski definition) is 2. The highest BCUT2D eigenvalue weighted by atomic mass is 16.5. The second kappa shape index (κ2) is 9.07. The van der Waals surface area contributed by atoms with Crippen molar-refractivity contribution < 1.29 is 24.2 Å². The van der Waals surface area contributed by atoms with Gasteiger partial charge in [0.05, 0.1) is 20.6 Å². The predicted octanol–water partition coefficient (Wildman–Crippen LogP) is 2.80. The third-order valence-electron chi connectivity index (χ3n) is 4.77. The topological polar surface area (TPSA) is 84.9 Å².